The Labute approximate surface area is 133 Å². The number of hydrogen-bond donors (Lipinski definition) is 2. The monoisotopic (exact) mass is 311 g/mol. The van der Waals surface area contributed by atoms with Crippen LogP contribution in [-0.2, 0) is 6.54 Å². The summed E-state index contributed by atoms with van der Waals surface area (Å²) in [5, 5.41) is 2.94. The number of thioether (sulfide) groups is 1. The molecule has 0 aliphatic carbocycles. The quantitative estimate of drug-likeness (QED) is 0.708. The number of hydrogen-bond acceptors (Lipinski definition) is 3. The van der Waals surface area contributed by atoms with E-state index in [9.17, 15) is 4.79 Å². The second kappa shape index (κ2) is 6.66. The van der Waals surface area contributed by atoms with Gasteiger partial charge in [0.1, 0.15) is 0 Å². The van der Waals surface area contributed by atoms with Gasteiger partial charge >= 0.3 is 0 Å². The molecule has 112 valence electrons. The summed E-state index contributed by atoms with van der Waals surface area (Å²) in [7, 11) is 0. The Morgan fingerprint density at radius 1 is 1.23 bits per heavy atom. The first-order valence-electron chi connectivity index (χ1n) is 7.19. The van der Waals surface area contributed by atoms with Gasteiger partial charge in [0.25, 0.3) is 5.91 Å². The SMILES string of the molecule is CCSc1ccc(CNC(=O)c2ccc3nc[nH]c3c2)cc1. The van der Waals surface area contributed by atoms with Crippen molar-refractivity contribution < 1.29 is 4.79 Å². The molecule has 1 heterocycles. The van der Waals surface area contributed by atoms with Crippen molar-refractivity contribution in [3.63, 3.8) is 0 Å². The van der Waals surface area contributed by atoms with E-state index in [0.717, 1.165) is 22.3 Å². The van der Waals surface area contributed by atoms with Gasteiger partial charge in [-0.15, -0.1) is 11.8 Å². The van der Waals surface area contributed by atoms with E-state index < -0.39 is 0 Å². The summed E-state index contributed by atoms with van der Waals surface area (Å²) in [5.74, 6) is 0.982. The van der Waals surface area contributed by atoms with Crippen molar-refractivity contribution in [2.24, 2.45) is 0 Å². The Bertz CT molecular complexity index is 780. The number of nitrogens with one attached hydrogen (secondary N) is 2. The molecule has 0 saturated carbocycles. The van der Waals surface area contributed by atoms with E-state index in [-0.39, 0.29) is 5.91 Å². The number of aromatic amines is 1. The Morgan fingerprint density at radius 2 is 2.05 bits per heavy atom. The third kappa shape index (κ3) is 3.31. The van der Waals surface area contributed by atoms with Crippen molar-refractivity contribution >= 4 is 28.7 Å². The van der Waals surface area contributed by atoms with Crippen LogP contribution in [0.2, 0.25) is 0 Å². The second-order valence-corrected chi connectivity index (χ2v) is 6.23. The molecule has 22 heavy (non-hydrogen) atoms. The van der Waals surface area contributed by atoms with Gasteiger partial charge in [0, 0.05) is 17.0 Å². The first kappa shape index (κ1) is 14.7. The molecule has 3 rings (SSSR count). The van der Waals surface area contributed by atoms with Gasteiger partial charge in [0.15, 0.2) is 0 Å². The van der Waals surface area contributed by atoms with Gasteiger partial charge in [0.05, 0.1) is 17.4 Å². The molecule has 0 saturated heterocycles. The Hall–Kier alpha value is -2.27. The Morgan fingerprint density at radius 3 is 2.82 bits per heavy atom. The van der Waals surface area contributed by atoms with Crippen LogP contribution in [-0.4, -0.2) is 21.6 Å². The highest BCUT2D eigenvalue weighted by Gasteiger charge is 2.07. The molecule has 0 fully saturated rings. The predicted molar refractivity (Wildman–Crippen MR) is 90.1 cm³/mol. The average Bonchev–Trinajstić information content (AvgIpc) is 3.01. The van der Waals surface area contributed by atoms with Gasteiger partial charge < -0.3 is 10.3 Å². The Balaban J connectivity index is 1.63. The smallest absolute Gasteiger partial charge is 0.251 e. The van der Waals surface area contributed by atoms with Crippen LogP contribution in [0, 0.1) is 0 Å². The zero-order valence-electron chi connectivity index (χ0n) is 12.3. The molecule has 0 aliphatic rings. The van der Waals surface area contributed by atoms with E-state index in [2.05, 4.69) is 46.5 Å². The summed E-state index contributed by atoms with van der Waals surface area (Å²) in [4.78, 5) is 20.6. The predicted octanol–water partition coefficient (Wildman–Crippen LogP) is 3.60. The van der Waals surface area contributed by atoms with Crippen LogP contribution >= 0.6 is 11.8 Å². The number of nitrogens with zero attached hydrogens (tertiary/aromatic N) is 1. The fourth-order valence-electron chi connectivity index (χ4n) is 2.23. The zero-order chi connectivity index (χ0) is 15.4. The molecule has 0 unspecified atom stereocenters. The molecule has 0 spiro atoms. The van der Waals surface area contributed by atoms with E-state index in [0.29, 0.717) is 12.1 Å². The molecule has 2 N–H and O–H groups in total. The molecule has 0 bridgehead atoms. The third-order valence-corrected chi connectivity index (χ3v) is 4.26. The normalized spacial score (nSPS) is 10.8. The van der Waals surface area contributed by atoms with E-state index >= 15 is 0 Å². The van der Waals surface area contributed by atoms with Gasteiger partial charge in [-0.1, -0.05) is 19.1 Å². The maximum Gasteiger partial charge on any atom is 0.251 e. The summed E-state index contributed by atoms with van der Waals surface area (Å²) < 4.78 is 0. The number of carbonyl (C=O) groups is 1. The highest BCUT2D eigenvalue weighted by atomic mass is 32.2. The molecule has 1 amide bonds. The molecule has 2 aromatic carbocycles. The molecule has 5 heteroatoms. The van der Waals surface area contributed by atoms with Gasteiger partial charge in [-0.2, -0.15) is 0 Å². The van der Waals surface area contributed by atoms with Crippen molar-refractivity contribution in [3.8, 4) is 0 Å². The molecular weight excluding hydrogens is 294 g/mol. The minimum atomic E-state index is -0.0801. The van der Waals surface area contributed by atoms with Crippen LogP contribution in [0.15, 0.2) is 53.7 Å². The molecule has 1 aromatic heterocycles. The Kier molecular flexibility index (Phi) is 4.44. The molecule has 0 atom stereocenters. The third-order valence-electron chi connectivity index (χ3n) is 3.37. The first-order chi connectivity index (χ1) is 10.8. The lowest BCUT2D eigenvalue weighted by Crippen LogP contribution is -2.22. The highest BCUT2D eigenvalue weighted by Crippen LogP contribution is 2.17. The largest absolute Gasteiger partial charge is 0.348 e. The van der Waals surface area contributed by atoms with Crippen LogP contribution in [0.4, 0.5) is 0 Å². The number of benzene rings is 2. The van der Waals surface area contributed by atoms with Gasteiger partial charge in [-0.3, -0.25) is 4.79 Å². The number of carbonyl (C=O) groups excluding carboxylic acids is 1. The number of imidazole rings is 1. The molecule has 0 aliphatic heterocycles. The lowest BCUT2D eigenvalue weighted by atomic mass is 10.1. The van der Waals surface area contributed by atoms with Gasteiger partial charge in [-0.05, 0) is 41.6 Å². The summed E-state index contributed by atoms with van der Waals surface area (Å²) in [5.41, 5.74) is 3.46. The lowest BCUT2D eigenvalue weighted by Gasteiger charge is -2.06. The number of fused-ring (bicyclic) bond motifs is 1. The number of H-pyrrole nitrogens is 1. The van der Waals surface area contributed by atoms with Gasteiger partial charge in [0.2, 0.25) is 0 Å². The van der Waals surface area contributed by atoms with Crippen molar-refractivity contribution in [1.29, 1.82) is 0 Å². The fourth-order valence-corrected chi connectivity index (χ4v) is 2.89. The molecule has 4 nitrogen and oxygen atoms in total. The maximum atomic E-state index is 12.2. The van der Waals surface area contributed by atoms with E-state index in [1.165, 1.54) is 4.90 Å². The fraction of sp³-hybridized carbons (Fsp3) is 0.176. The lowest BCUT2D eigenvalue weighted by molar-refractivity contribution is 0.0951. The van der Waals surface area contributed by atoms with Crippen LogP contribution in [0.1, 0.15) is 22.8 Å². The van der Waals surface area contributed by atoms with E-state index in [1.807, 2.05) is 23.9 Å². The van der Waals surface area contributed by atoms with Crippen molar-refractivity contribution in [2.75, 3.05) is 5.75 Å². The number of rotatable bonds is 5. The van der Waals surface area contributed by atoms with Crippen LogP contribution in [0.3, 0.4) is 0 Å². The van der Waals surface area contributed by atoms with Crippen LogP contribution in [0.25, 0.3) is 11.0 Å². The highest BCUT2D eigenvalue weighted by molar-refractivity contribution is 7.99. The number of aromatic nitrogens is 2. The van der Waals surface area contributed by atoms with E-state index in [1.54, 1.807) is 12.4 Å². The number of amides is 1. The van der Waals surface area contributed by atoms with Crippen LogP contribution in [0.5, 0.6) is 0 Å². The first-order valence-corrected chi connectivity index (χ1v) is 8.18. The minimum absolute atomic E-state index is 0.0801. The average molecular weight is 311 g/mol. The van der Waals surface area contributed by atoms with Crippen LogP contribution < -0.4 is 5.32 Å². The zero-order valence-corrected chi connectivity index (χ0v) is 13.1. The van der Waals surface area contributed by atoms with Gasteiger partial charge in [-0.25, -0.2) is 4.98 Å². The molecule has 3 aromatic rings. The van der Waals surface area contributed by atoms with Crippen molar-refractivity contribution in [1.82, 2.24) is 15.3 Å². The molecular formula is C17H17N3OS. The summed E-state index contributed by atoms with van der Waals surface area (Å²) in [6.07, 6.45) is 1.63. The standard InChI is InChI=1S/C17H17N3OS/c1-2-22-14-6-3-12(4-7-14)10-18-17(21)13-5-8-15-16(9-13)20-11-19-15/h3-9,11H,2,10H2,1H3,(H,18,21)(H,19,20). The molecule has 0 radical (unpaired) electrons. The topological polar surface area (TPSA) is 57.8 Å². The minimum Gasteiger partial charge on any atom is -0.348 e. The van der Waals surface area contributed by atoms with Crippen molar-refractivity contribution in [3.05, 3.63) is 59.9 Å². The summed E-state index contributed by atoms with van der Waals surface area (Å²) in [6, 6.07) is 13.7. The summed E-state index contributed by atoms with van der Waals surface area (Å²) >= 11 is 1.81. The second-order valence-electron chi connectivity index (χ2n) is 4.89. The maximum absolute atomic E-state index is 12.2. The van der Waals surface area contributed by atoms with Crippen molar-refractivity contribution in [2.45, 2.75) is 18.4 Å². The van der Waals surface area contributed by atoms with E-state index in [4.69, 9.17) is 0 Å². The summed E-state index contributed by atoms with van der Waals surface area (Å²) in [6.45, 7) is 2.66.